The van der Waals surface area contributed by atoms with Crippen LogP contribution in [-0.2, 0) is 14.6 Å². The van der Waals surface area contributed by atoms with Gasteiger partial charge in [-0.2, -0.15) is 0 Å². The van der Waals surface area contributed by atoms with E-state index in [9.17, 15) is 18.3 Å². The van der Waals surface area contributed by atoms with E-state index in [1.807, 2.05) is 0 Å². The van der Waals surface area contributed by atoms with Crippen LogP contribution in [0.1, 0.15) is 45.4 Å². The zero-order valence-corrected chi connectivity index (χ0v) is 11.7. The second-order valence-electron chi connectivity index (χ2n) is 5.91. The normalized spacial score (nSPS) is 39.6. The number of rotatable bonds is 3. The lowest BCUT2D eigenvalue weighted by Gasteiger charge is -2.40. The molecule has 1 saturated heterocycles. The van der Waals surface area contributed by atoms with Crippen molar-refractivity contribution in [2.24, 2.45) is 17.3 Å². The highest BCUT2D eigenvalue weighted by atomic mass is 32.2. The molecule has 4 nitrogen and oxygen atoms in total. The Bertz CT molecular complexity index is 418. The minimum Gasteiger partial charge on any atom is -0.481 e. The van der Waals surface area contributed by atoms with Gasteiger partial charge in [-0.15, -0.1) is 0 Å². The Morgan fingerprint density at radius 1 is 1.28 bits per heavy atom. The molecule has 5 heteroatoms. The molecule has 104 valence electrons. The number of carbonyl (C=O) groups is 1. The van der Waals surface area contributed by atoms with Gasteiger partial charge in [0.2, 0.25) is 0 Å². The SMILES string of the molecule is CCC1CCC(C(=O)O)(C2CCS(=O)(=O)C2)CC1. The van der Waals surface area contributed by atoms with Crippen LogP contribution in [0.25, 0.3) is 0 Å². The van der Waals surface area contributed by atoms with Crippen molar-refractivity contribution in [2.75, 3.05) is 11.5 Å². The van der Waals surface area contributed by atoms with Crippen LogP contribution in [-0.4, -0.2) is 31.0 Å². The fourth-order valence-corrected chi connectivity index (χ4v) is 5.54. The molecule has 1 unspecified atom stereocenters. The summed E-state index contributed by atoms with van der Waals surface area (Å²) in [6, 6.07) is 0. The smallest absolute Gasteiger partial charge is 0.309 e. The van der Waals surface area contributed by atoms with Crippen molar-refractivity contribution in [3.63, 3.8) is 0 Å². The molecule has 0 bridgehead atoms. The zero-order valence-electron chi connectivity index (χ0n) is 10.9. The third kappa shape index (κ3) is 2.42. The first-order chi connectivity index (χ1) is 8.39. The van der Waals surface area contributed by atoms with E-state index in [0.29, 0.717) is 25.2 Å². The van der Waals surface area contributed by atoms with Gasteiger partial charge in [0, 0.05) is 0 Å². The number of sulfone groups is 1. The number of carboxylic acid groups (broad SMARTS) is 1. The van der Waals surface area contributed by atoms with Crippen LogP contribution in [0.15, 0.2) is 0 Å². The van der Waals surface area contributed by atoms with Gasteiger partial charge in [0.05, 0.1) is 16.9 Å². The van der Waals surface area contributed by atoms with E-state index in [4.69, 9.17) is 0 Å². The Balaban J connectivity index is 2.17. The molecule has 0 radical (unpaired) electrons. The lowest BCUT2D eigenvalue weighted by atomic mass is 9.63. The maximum absolute atomic E-state index is 11.7. The summed E-state index contributed by atoms with van der Waals surface area (Å²) in [5.41, 5.74) is -0.769. The van der Waals surface area contributed by atoms with Crippen molar-refractivity contribution >= 4 is 15.8 Å². The lowest BCUT2D eigenvalue weighted by Crippen LogP contribution is -2.42. The molecule has 2 aliphatic rings. The lowest BCUT2D eigenvalue weighted by molar-refractivity contribution is -0.155. The van der Waals surface area contributed by atoms with E-state index >= 15 is 0 Å². The van der Waals surface area contributed by atoms with E-state index in [1.165, 1.54) is 0 Å². The first kappa shape index (κ1) is 13.8. The van der Waals surface area contributed by atoms with Gasteiger partial charge in [-0.1, -0.05) is 13.3 Å². The predicted octanol–water partition coefficient (Wildman–Crippen LogP) is 2.09. The Morgan fingerprint density at radius 3 is 2.28 bits per heavy atom. The number of carboxylic acids is 1. The molecular formula is C13H22O4S. The average molecular weight is 274 g/mol. The van der Waals surface area contributed by atoms with Gasteiger partial charge in [0.15, 0.2) is 9.84 Å². The molecule has 2 fully saturated rings. The van der Waals surface area contributed by atoms with Crippen LogP contribution in [0.5, 0.6) is 0 Å². The summed E-state index contributed by atoms with van der Waals surface area (Å²) in [5.74, 6) is -0.0764. The monoisotopic (exact) mass is 274 g/mol. The molecule has 2 rings (SSSR count). The summed E-state index contributed by atoms with van der Waals surface area (Å²) in [4.78, 5) is 11.7. The third-order valence-corrected chi connectivity index (χ3v) is 6.78. The fraction of sp³-hybridized carbons (Fsp3) is 0.923. The van der Waals surface area contributed by atoms with Crippen molar-refractivity contribution in [3.8, 4) is 0 Å². The number of aliphatic carboxylic acids is 1. The van der Waals surface area contributed by atoms with Gasteiger partial charge in [-0.3, -0.25) is 4.79 Å². The fourth-order valence-electron chi connectivity index (χ4n) is 3.63. The molecule has 1 saturated carbocycles. The van der Waals surface area contributed by atoms with E-state index in [0.717, 1.165) is 19.3 Å². The maximum Gasteiger partial charge on any atom is 0.309 e. The van der Waals surface area contributed by atoms with Crippen LogP contribution < -0.4 is 0 Å². The Hall–Kier alpha value is -0.580. The molecule has 1 N–H and O–H groups in total. The first-order valence-corrected chi connectivity index (χ1v) is 8.65. The topological polar surface area (TPSA) is 71.4 Å². The summed E-state index contributed by atoms with van der Waals surface area (Å²) in [6.45, 7) is 2.14. The average Bonchev–Trinajstić information content (AvgIpc) is 2.70. The van der Waals surface area contributed by atoms with Crippen LogP contribution in [0.4, 0.5) is 0 Å². The summed E-state index contributed by atoms with van der Waals surface area (Å²) in [6.07, 6.45) is 4.80. The van der Waals surface area contributed by atoms with Gasteiger partial charge in [0.1, 0.15) is 0 Å². The minimum atomic E-state index is -3.00. The molecule has 1 atom stereocenters. The molecule has 1 heterocycles. The summed E-state index contributed by atoms with van der Waals surface area (Å²) in [7, 11) is -3.00. The molecule has 0 aromatic rings. The predicted molar refractivity (Wildman–Crippen MR) is 69.1 cm³/mol. The quantitative estimate of drug-likeness (QED) is 0.855. The zero-order chi connectivity index (χ0) is 13.4. The second kappa shape index (κ2) is 4.83. The van der Waals surface area contributed by atoms with Crippen LogP contribution in [0.3, 0.4) is 0 Å². The van der Waals surface area contributed by atoms with Gasteiger partial charge in [-0.05, 0) is 43.9 Å². The Kier molecular flexibility index (Phi) is 3.72. The first-order valence-electron chi connectivity index (χ1n) is 6.83. The minimum absolute atomic E-state index is 0.0795. The van der Waals surface area contributed by atoms with Crippen LogP contribution >= 0.6 is 0 Å². The van der Waals surface area contributed by atoms with E-state index in [2.05, 4.69) is 6.92 Å². The number of hydrogen-bond acceptors (Lipinski definition) is 3. The van der Waals surface area contributed by atoms with Gasteiger partial charge < -0.3 is 5.11 Å². The molecular weight excluding hydrogens is 252 g/mol. The van der Waals surface area contributed by atoms with Crippen molar-refractivity contribution in [3.05, 3.63) is 0 Å². The van der Waals surface area contributed by atoms with Gasteiger partial charge in [0.25, 0.3) is 0 Å². The molecule has 1 aliphatic carbocycles. The van der Waals surface area contributed by atoms with E-state index in [1.54, 1.807) is 0 Å². The molecule has 18 heavy (non-hydrogen) atoms. The van der Waals surface area contributed by atoms with Crippen molar-refractivity contribution in [1.82, 2.24) is 0 Å². The summed E-state index contributed by atoms with van der Waals surface area (Å²) < 4.78 is 23.2. The summed E-state index contributed by atoms with van der Waals surface area (Å²) in [5, 5.41) is 9.58. The van der Waals surface area contributed by atoms with Crippen molar-refractivity contribution < 1.29 is 18.3 Å². The molecule has 1 aliphatic heterocycles. The van der Waals surface area contributed by atoms with Crippen LogP contribution in [0.2, 0.25) is 0 Å². The largest absolute Gasteiger partial charge is 0.481 e. The standard InChI is InChI=1S/C13H22O4S/c1-2-10-3-6-13(7-4-10,12(14)15)11-5-8-18(16,17)9-11/h10-11H,2-9H2,1H3,(H,14,15). The number of hydrogen-bond donors (Lipinski definition) is 1. The third-order valence-electron chi connectivity index (χ3n) is 5.01. The van der Waals surface area contributed by atoms with Crippen molar-refractivity contribution in [2.45, 2.75) is 45.4 Å². The van der Waals surface area contributed by atoms with Crippen LogP contribution in [0, 0.1) is 17.3 Å². The highest BCUT2D eigenvalue weighted by Crippen LogP contribution is 2.48. The highest BCUT2D eigenvalue weighted by molar-refractivity contribution is 7.91. The van der Waals surface area contributed by atoms with Gasteiger partial charge >= 0.3 is 5.97 Å². The van der Waals surface area contributed by atoms with Crippen molar-refractivity contribution in [1.29, 1.82) is 0 Å². The molecule has 0 spiro atoms. The second-order valence-corrected chi connectivity index (χ2v) is 8.14. The molecule has 0 aromatic heterocycles. The molecule has 0 amide bonds. The van der Waals surface area contributed by atoms with E-state index < -0.39 is 21.2 Å². The summed E-state index contributed by atoms with van der Waals surface area (Å²) >= 11 is 0. The molecule has 0 aromatic carbocycles. The highest BCUT2D eigenvalue weighted by Gasteiger charge is 2.51. The van der Waals surface area contributed by atoms with E-state index in [-0.39, 0.29) is 17.4 Å². The Morgan fingerprint density at radius 2 is 1.89 bits per heavy atom. The van der Waals surface area contributed by atoms with Gasteiger partial charge in [-0.25, -0.2) is 8.42 Å². The Labute approximate surface area is 109 Å². The maximum atomic E-state index is 11.7.